The van der Waals surface area contributed by atoms with E-state index in [2.05, 4.69) is 15.9 Å². The third-order valence-corrected chi connectivity index (χ3v) is 4.76. The molecule has 0 aliphatic rings. The highest BCUT2D eigenvalue weighted by Crippen LogP contribution is 2.34. The first-order valence-corrected chi connectivity index (χ1v) is 8.93. The number of benzene rings is 2. The molecule has 0 saturated carbocycles. The van der Waals surface area contributed by atoms with E-state index in [0.717, 1.165) is 5.56 Å². The highest BCUT2D eigenvalue weighted by Gasteiger charge is 2.13. The summed E-state index contributed by atoms with van der Waals surface area (Å²) in [6.45, 7) is 1.89. The van der Waals surface area contributed by atoms with E-state index in [-0.39, 0.29) is 4.90 Å². The van der Waals surface area contributed by atoms with Crippen molar-refractivity contribution in [2.45, 2.75) is 11.8 Å². The molecule has 0 unspecified atom stereocenters. The van der Waals surface area contributed by atoms with E-state index < -0.39 is 9.05 Å². The van der Waals surface area contributed by atoms with Crippen molar-refractivity contribution < 1.29 is 13.2 Å². The zero-order valence-electron chi connectivity index (χ0n) is 10.2. The van der Waals surface area contributed by atoms with Crippen molar-refractivity contribution in [3.63, 3.8) is 0 Å². The molecule has 106 valence electrons. The second-order valence-electron chi connectivity index (χ2n) is 4.04. The molecule has 0 amide bonds. The second-order valence-corrected chi connectivity index (χ2v) is 7.90. The number of rotatable bonds is 3. The molecule has 0 N–H and O–H groups in total. The Morgan fingerprint density at radius 3 is 2.40 bits per heavy atom. The van der Waals surface area contributed by atoms with E-state index in [4.69, 9.17) is 27.0 Å². The fourth-order valence-electron chi connectivity index (χ4n) is 1.52. The molecule has 3 nitrogen and oxygen atoms in total. The summed E-state index contributed by atoms with van der Waals surface area (Å²) in [6, 6.07) is 9.58. The topological polar surface area (TPSA) is 43.4 Å². The average molecular weight is 396 g/mol. The molecule has 7 heteroatoms. The van der Waals surface area contributed by atoms with Crippen molar-refractivity contribution in [1.82, 2.24) is 0 Å². The van der Waals surface area contributed by atoms with Crippen molar-refractivity contribution in [3.05, 3.63) is 51.5 Å². The van der Waals surface area contributed by atoms with Crippen molar-refractivity contribution >= 4 is 47.3 Å². The summed E-state index contributed by atoms with van der Waals surface area (Å²) in [5.74, 6) is 1.07. The minimum absolute atomic E-state index is 0.00112. The van der Waals surface area contributed by atoms with Crippen molar-refractivity contribution in [1.29, 1.82) is 0 Å². The fraction of sp³-hybridized carbons (Fsp3) is 0.0769. The molecule has 0 fully saturated rings. The van der Waals surface area contributed by atoms with E-state index in [1.54, 1.807) is 12.1 Å². The van der Waals surface area contributed by atoms with Gasteiger partial charge in [-0.05, 0) is 58.7 Å². The van der Waals surface area contributed by atoms with Gasteiger partial charge in [0.05, 0.1) is 9.37 Å². The molecular formula is C13H9BrCl2O3S. The number of hydrogen-bond acceptors (Lipinski definition) is 3. The minimum Gasteiger partial charge on any atom is -0.456 e. The van der Waals surface area contributed by atoms with Crippen LogP contribution in [0.1, 0.15) is 5.56 Å². The van der Waals surface area contributed by atoms with Crippen LogP contribution in [-0.2, 0) is 9.05 Å². The first-order valence-electron chi connectivity index (χ1n) is 5.45. The van der Waals surface area contributed by atoms with Gasteiger partial charge in [0.2, 0.25) is 0 Å². The first-order chi connectivity index (χ1) is 9.27. The van der Waals surface area contributed by atoms with Crippen molar-refractivity contribution in [2.24, 2.45) is 0 Å². The summed E-state index contributed by atoms with van der Waals surface area (Å²) in [5, 5.41) is 0.557. The maximum Gasteiger partial charge on any atom is 0.261 e. The quantitative estimate of drug-likeness (QED) is 0.676. The van der Waals surface area contributed by atoms with Crippen LogP contribution in [0.3, 0.4) is 0 Å². The molecule has 0 aliphatic heterocycles. The third-order valence-electron chi connectivity index (χ3n) is 2.55. The van der Waals surface area contributed by atoms with E-state index in [9.17, 15) is 8.42 Å². The highest BCUT2D eigenvalue weighted by molar-refractivity contribution is 9.10. The van der Waals surface area contributed by atoms with Gasteiger partial charge in [-0.1, -0.05) is 17.7 Å². The monoisotopic (exact) mass is 394 g/mol. The van der Waals surface area contributed by atoms with Crippen molar-refractivity contribution in [2.75, 3.05) is 0 Å². The molecule has 0 spiro atoms. The Bertz CT molecular complexity index is 760. The Morgan fingerprint density at radius 1 is 1.10 bits per heavy atom. The Balaban J connectivity index is 2.38. The summed E-state index contributed by atoms with van der Waals surface area (Å²) in [6.07, 6.45) is 0. The fourth-order valence-corrected chi connectivity index (χ4v) is 3.07. The predicted octanol–water partition coefficient (Wildman–Crippen LogP) is 5.13. The molecule has 2 rings (SSSR count). The lowest BCUT2D eigenvalue weighted by atomic mass is 10.2. The van der Waals surface area contributed by atoms with Crippen LogP contribution in [0.25, 0.3) is 0 Å². The number of aryl methyl sites for hydroxylation is 1. The average Bonchev–Trinajstić information content (AvgIpc) is 2.35. The Labute approximate surface area is 135 Å². The Morgan fingerprint density at radius 2 is 1.80 bits per heavy atom. The van der Waals surface area contributed by atoms with Gasteiger partial charge in [-0.3, -0.25) is 0 Å². The molecule has 2 aromatic carbocycles. The van der Waals surface area contributed by atoms with Crippen LogP contribution in [0.2, 0.25) is 5.02 Å². The summed E-state index contributed by atoms with van der Waals surface area (Å²) < 4.78 is 28.7. The molecule has 0 atom stereocenters. The van der Waals surface area contributed by atoms with Gasteiger partial charge in [-0.15, -0.1) is 0 Å². The molecule has 0 aliphatic carbocycles. The molecule has 0 bridgehead atoms. The zero-order chi connectivity index (χ0) is 14.9. The van der Waals surface area contributed by atoms with Crippen LogP contribution in [-0.4, -0.2) is 8.42 Å². The number of ether oxygens (including phenoxy) is 1. The van der Waals surface area contributed by atoms with Gasteiger partial charge in [-0.2, -0.15) is 0 Å². The minimum atomic E-state index is -3.76. The van der Waals surface area contributed by atoms with Gasteiger partial charge in [-0.25, -0.2) is 8.42 Å². The largest absolute Gasteiger partial charge is 0.456 e. The van der Waals surface area contributed by atoms with Gasteiger partial charge in [0, 0.05) is 15.7 Å². The van der Waals surface area contributed by atoms with Crippen LogP contribution in [0.4, 0.5) is 0 Å². The van der Waals surface area contributed by atoms with Gasteiger partial charge < -0.3 is 4.74 Å². The standard InChI is InChI=1S/C13H9BrCl2O3S/c1-8-2-3-9(15)6-13(8)19-12-5-4-10(7-11(12)14)20(16,17)18/h2-7H,1H3. The molecular weight excluding hydrogens is 387 g/mol. The number of hydrogen-bond donors (Lipinski definition) is 0. The molecule has 0 saturated heterocycles. The molecule has 2 aromatic rings. The van der Waals surface area contributed by atoms with E-state index in [0.29, 0.717) is 21.0 Å². The lowest BCUT2D eigenvalue weighted by molar-refractivity contribution is 0.475. The van der Waals surface area contributed by atoms with E-state index in [1.165, 1.54) is 18.2 Å². The summed E-state index contributed by atoms with van der Waals surface area (Å²) in [7, 11) is 1.52. The van der Waals surface area contributed by atoms with Crippen LogP contribution < -0.4 is 4.74 Å². The first kappa shape index (κ1) is 15.6. The Hall–Kier alpha value is -0.750. The van der Waals surface area contributed by atoms with E-state index >= 15 is 0 Å². The second kappa shape index (κ2) is 5.93. The van der Waals surface area contributed by atoms with Crippen LogP contribution in [0.15, 0.2) is 45.8 Å². The normalized spacial score (nSPS) is 11.4. The summed E-state index contributed by atoms with van der Waals surface area (Å²) in [5.41, 5.74) is 0.912. The zero-order valence-corrected chi connectivity index (χ0v) is 14.1. The molecule has 0 heterocycles. The van der Waals surface area contributed by atoms with Crippen molar-refractivity contribution in [3.8, 4) is 11.5 Å². The lowest BCUT2D eigenvalue weighted by Crippen LogP contribution is -1.93. The van der Waals surface area contributed by atoms with Gasteiger partial charge >= 0.3 is 0 Å². The maximum atomic E-state index is 11.2. The molecule has 0 aromatic heterocycles. The molecule has 0 radical (unpaired) electrons. The van der Waals surface area contributed by atoms with Gasteiger partial charge in [0.1, 0.15) is 11.5 Å². The van der Waals surface area contributed by atoms with E-state index in [1.807, 2.05) is 13.0 Å². The van der Waals surface area contributed by atoms with Crippen LogP contribution >= 0.6 is 38.2 Å². The van der Waals surface area contributed by atoms with Gasteiger partial charge in [0.25, 0.3) is 9.05 Å². The SMILES string of the molecule is Cc1ccc(Cl)cc1Oc1ccc(S(=O)(=O)Cl)cc1Br. The summed E-state index contributed by atoms with van der Waals surface area (Å²) in [4.78, 5) is 0.00112. The van der Waals surface area contributed by atoms with Crippen LogP contribution in [0.5, 0.6) is 11.5 Å². The predicted molar refractivity (Wildman–Crippen MR) is 83.4 cm³/mol. The highest BCUT2D eigenvalue weighted by atomic mass is 79.9. The summed E-state index contributed by atoms with van der Waals surface area (Å²) >= 11 is 9.18. The van der Waals surface area contributed by atoms with Crippen LogP contribution in [0, 0.1) is 6.92 Å². The lowest BCUT2D eigenvalue weighted by Gasteiger charge is -2.11. The molecule has 20 heavy (non-hydrogen) atoms. The Kier molecular flexibility index (Phi) is 4.64. The third kappa shape index (κ3) is 3.67. The smallest absolute Gasteiger partial charge is 0.261 e. The van der Waals surface area contributed by atoms with Gasteiger partial charge in [0.15, 0.2) is 0 Å². The maximum absolute atomic E-state index is 11.2. The number of halogens is 3.